The first-order valence-electron chi connectivity index (χ1n) is 10.9. The summed E-state index contributed by atoms with van der Waals surface area (Å²) in [7, 11) is 0. The Balaban J connectivity index is 2.22. The second-order valence-electron chi connectivity index (χ2n) is 6.96. The molecule has 1 fully saturated rings. The molecular weight excluding hydrogens is 437 g/mol. The number of carbonyl (C=O) groups excluding carboxylic acids is 2. The van der Waals surface area contributed by atoms with Crippen LogP contribution in [-0.2, 0) is 19.1 Å². The molecule has 0 atom stereocenters. The lowest BCUT2D eigenvalue weighted by atomic mass is 10.0. The smallest absolute Gasteiger partial charge is 0.252 e. The average Bonchev–Trinajstić information content (AvgIpc) is 3.02. The van der Waals surface area contributed by atoms with E-state index in [1.165, 1.54) is 30.5 Å². The Morgan fingerprint density at radius 1 is 1.32 bits per heavy atom. The van der Waals surface area contributed by atoms with Crippen LogP contribution in [0.3, 0.4) is 0 Å². The zero-order chi connectivity index (χ0) is 24.6. The Morgan fingerprint density at radius 3 is 2.82 bits per heavy atom. The highest BCUT2D eigenvalue weighted by atomic mass is 19.1. The molecule has 1 aliphatic carbocycles. The van der Waals surface area contributed by atoms with Crippen molar-refractivity contribution in [1.82, 2.24) is 15.5 Å². The zero-order valence-electron chi connectivity index (χ0n) is 19.3. The van der Waals surface area contributed by atoms with Gasteiger partial charge < -0.3 is 25.0 Å². The third-order valence-corrected chi connectivity index (χ3v) is 4.68. The number of halogens is 1. The summed E-state index contributed by atoms with van der Waals surface area (Å²) in [4.78, 5) is 25.8. The Hall–Kier alpha value is -3.87. The summed E-state index contributed by atoms with van der Waals surface area (Å²) < 4.78 is 24.9. The van der Waals surface area contributed by atoms with Gasteiger partial charge in [-0.3, -0.25) is 9.59 Å². The molecule has 1 heterocycles. The predicted molar refractivity (Wildman–Crippen MR) is 130 cm³/mol. The van der Waals surface area contributed by atoms with Crippen LogP contribution in [0.5, 0.6) is 0 Å². The minimum atomic E-state index is -0.541. The van der Waals surface area contributed by atoms with Crippen LogP contribution in [0.2, 0.25) is 0 Å². The van der Waals surface area contributed by atoms with Crippen LogP contribution in [-0.4, -0.2) is 56.7 Å². The van der Waals surface area contributed by atoms with E-state index in [1.807, 2.05) is 18.2 Å². The van der Waals surface area contributed by atoms with E-state index in [2.05, 4.69) is 27.8 Å². The van der Waals surface area contributed by atoms with Crippen LogP contribution >= 0.6 is 0 Å². The van der Waals surface area contributed by atoms with Gasteiger partial charge in [-0.05, 0) is 37.3 Å². The number of nitrogens with zero attached hydrogens (tertiary/aromatic N) is 1. The molecule has 7 nitrogen and oxygen atoms in total. The van der Waals surface area contributed by atoms with Crippen molar-refractivity contribution in [3.63, 3.8) is 0 Å². The van der Waals surface area contributed by atoms with E-state index in [9.17, 15) is 14.0 Å². The van der Waals surface area contributed by atoms with Crippen molar-refractivity contribution in [2.24, 2.45) is 0 Å². The lowest BCUT2D eigenvalue weighted by Crippen LogP contribution is -2.35. The molecule has 2 aliphatic rings. The topological polar surface area (TPSA) is 79.9 Å². The van der Waals surface area contributed by atoms with E-state index in [0.717, 1.165) is 24.9 Å². The molecule has 1 saturated heterocycles. The number of allylic oxidation sites excluding steroid dienone is 8. The molecular formula is C26H30FN3O4. The number of hydrogen-bond acceptors (Lipinski definition) is 5. The van der Waals surface area contributed by atoms with Gasteiger partial charge in [-0.25, -0.2) is 4.39 Å². The highest BCUT2D eigenvalue weighted by Crippen LogP contribution is 2.23. The number of morpholine rings is 1. The maximum absolute atomic E-state index is 13.9. The molecule has 34 heavy (non-hydrogen) atoms. The van der Waals surface area contributed by atoms with E-state index >= 15 is 0 Å². The maximum atomic E-state index is 13.9. The fraction of sp³-hybridized carbons (Fsp3) is 0.269. The van der Waals surface area contributed by atoms with Gasteiger partial charge in [0.15, 0.2) is 0 Å². The quantitative estimate of drug-likeness (QED) is 0.200. The first-order chi connectivity index (χ1) is 16.6. The van der Waals surface area contributed by atoms with Gasteiger partial charge in [0.2, 0.25) is 6.41 Å². The molecule has 0 bridgehead atoms. The number of nitrogens with one attached hydrogen (secondary N) is 2. The first-order valence-corrected chi connectivity index (χ1v) is 10.9. The molecule has 0 saturated carbocycles. The third-order valence-electron chi connectivity index (χ3n) is 4.68. The van der Waals surface area contributed by atoms with Gasteiger partial charge in [0.05, 0.1) is 25.4 Å². The Kier molecular flexibility index (Phi) is 11.7. The third kappa shape index (κ3) is 8.58. The van der Waals surface area contributed by atoms with Gasteiger partial charge in [-0.1, -0.05) is 18.7 Å². The van der Waals surface area contributed by atoms with E-state index < -0.39 is 11.7 Å². The van der Waals surface area contributed by atoms with E-state index in [1.54, 1.807) is 13.0 Å². The highest BCUT2D eigenvalue weighted by molar-refractivity contribution is 5.99. The van der Waals surface area contributed by atoms with Crippen LogP contribution in [0.4, 0.5) is 4.39 Å². The second-order valence-corrected chi connectivity index (χ2v) is 6.96. The number of hydrogen-bond donors (Lipinski definition) is 2. The lowest BCUT2D eigenvalue weighted by molar-refractivity contribution is -0.117. The van der Waals surface area contributed by atoms with E-state index in [0.29, 0.717) is 25.2 Å². The van der Waals surface area contributed by atoms with Crippen molar-refractivity contribution >= 4 is 12.3 Å². The van der Waals surface area contributed by atoms with E-state index in [-0.39, 0.29) is 24.5 Å². The van der Waals surface area contributed by atoms with Crippen molar-refractivity contribution in [3.8, 4) is 0 Å². The molecule has 0 radical (unpaired) electrons. The number of ether oxygens (including phenoxy) is 2. The Labute approximate surface area is 199 Å². The second kappa shape index (κ2) is 15.1. The molecule has 8 heteroatoms. The molecule has 0 spiro atoms. The largest absolute Gasteiger partial charge is 0.493 e. The average molecular weight is 468 g/mol. The van der Waals surface area contributed by atoms with Crippen LogP contribution in [0.25, 0.3) is 0 Å². The van der Waals surface area contributed by atoms with Crippen LogP contribution in [0.1, 0.15) is 6.92 Å². The minimum Gasteiger partial charge on any atom is -0.493 e. The van der Waals surface area contributed by atoms with Gasteiger partial charge in [-0.15, -0.1) is 5.73 Å². The van der Waals surface area contributed by atoms with E-state index in [4.69, 9.17) is 9.47 Å². The summed E-state index contributed by atoms with van der Waals surface area (Å²) in [5.74, 6) is -0.736. The highest BCUT2D eigenvalue weighted by Gasteiger charge is 2.18. The monoisotopic (exact) mass is 467 g/mol. The zero-order valence-corrected chi connectivity index (χ0v) is 19.3. The fourth-order valence-electron chi connectivity index (χ4n) is 3.17. The Bertz CT molecular complexity index is 990. The van der Waals surface area contributed by atoms with Gasteiger partial charge in [0.1, 0.15) is 11.6 Å². The maximum Gasteiger partial charge on any atom is 0.252 e. The molecule has 0 unspecified atom stereocenters. The molecule has 2 rings (SSSR count). The number of amides is 2. The van der Waals surface area contributed by atoms with Crippen LogP contribution in [0.15, 0.2) is 102 Å². The molecule has 2 amide bonds. The summed E-state index contributed by atoms with van der Waals surface area (Å²) in [6.07, 6.45) is 16.1. The van der Waals surface area contributed by atoms with Crippen molar-refractivity contribution in [2.45, 2.75) is 6.92 Å². The fourth-order valence-corrected chi connectivity index (χ4v) is 3.17. The SMILES string of the molecule is C=C/C=C(\C=C/CNC(=O)/C(=C/C=C\NC=O)C1=C(OCC)C=C(F)C=C=C1)N1CCOCC1. The molecule has 0 aromatic heterocycles. The first kappa shape index (κ1) is 26.4. The molecule has 2 N–H and O–H groups in total. The summed E-state index contributed by atoms with van der Waals surface area (Å²) in [5.41, 5.74) is 4.28. The molecule has 0 aromatic rings. The van der Waals surface area contributed by atoms with Crippen LogP contribution < -0.4 is 10.6 Å². The van der Waals surface area contributed by atoms with Gasteiger partial charge >= 0.3 is 0 Å². The summed E-state index contributed by atoms with van der Waals surface area (Å²) in [6, 6.07) is 0. The van der Waals surface area contributed by atoms with Crippen LogP contribution in [0, 0.1) is 0 Å². The summed E-state index contributed by atoms with van der Waals surface area (Å²) >= 11 is 0. The van der Waals surface area contributed by atoms with Gasteiger partial charge in [-0.2, -0.15) is 0 Å². The molecule has 0 aromatic carbocycles. The Morgan fingerprint density at radius 2 is 2.12 bits per heavy atom. The lowest BCUT2D eigenvalue weighted by Gasteiger charge is -2.29. The number of carbonyl (C=O) groups is 2. The molecule has 1 aliphatic heterocycles. The summed E-state index contributed by atoms with van der Waals surface area (Å²) in [5, 5.41) is 5.22. The van der Waals surface area contributed by atoms with Gasteiger partial charge in [0.25, 0.3) is 5.91 Å². The molecule has 180 valence electrons. The van der Waals surface area contributed by atoms with Crippen molar-refractivity contribution < 1.29 is 23.5 Å². The minimum absolute atomic E-state index is 0.207. The van der Waals surface area contributed by atoms with Crippen molar-refractivity contribution in [1.29, 1.82) is 0 Å². The van der Waals surface area contributed by atoms with Crippen molar-refractivity contribution in [3.05, 3.63) is 102 Å². The normalized spacial score (nSPS) is 17.1. The van der Waals surface area contributed by atoms with Gasteiger partial charge in [0, 0.05) is 49.3 Å². The standard InChI is InChI=1S/C26H30FN3O4/c1-3-8-22(30-15-17-33-18-16-30)10-6-14-29-26(32)24(12-7-13-28-20-31)23-11-5-9-21(27)19-25(23)34-4-2/h3,6-13,19-20H,1,4,14-18H2,2H3,(H,28,31)(H,29,32)/b10-6-,13-7-,22-8+,24-12+. The number of rotatable bonds is 12. The predicted octanol–water partition coefficient (Wildman–Crippen LogP) is 3.12. The summed E-state index contributed by atoms with van der Waals surface area (Å²) in [6.45, 7) is 8.96. The van der Waals surface area contributed by atoms with Crippen molar-refractivity contribution in [2.75, 3.05) is 39.5 Å².